The summed E-state index contributed by atoms with van der Waals surface area (Å²) in [6, 6.07) is 18.6. The molecule has 0 bridgehead atoms. The number of halogens is 1. The van der Waals surface area contributed by atoms with Crippen molar-refractivity contribution in [2.24, 2.45) is 0 Å². The van der Waals surface area contributed by atoms with Crippen molar-refractivity contribution in [3.63, 3.8) is 0 Å². The van der Waals surface area contributed by atoms with Crippen LogP contribution < -0.4 is 4.74 Å². The number of carbonyl (C=O) groups excluding carboxylic acids is 1. The van der Waals surface area contributed by atoms with Gasteiger partial charge in [-0.3, -0.25) is 4.79 Å². The zero-order chi connectivity index (χ0) is 18.4. The molecule has 0 aliphatic heterocycles. The van der Waals surface area contributed by atoms with Crippen molar-refractivity contribution in [1.82, 2.24) is 4.98 Å². The minimum absolute atomic E-state index is 0.00887. The third-order valence-electron chi connectivity index (χ3n) is 3.62. The second kappa shape index (κ2) is 8.45. The van der Waals surface area contributed by atoms with Crippen LogP contribution in [0.5, 0.6) is 11.5 Å². The Kier molecular flexibility index (Phi) is 5.81. The van der Waals surface area contributed by atoms with E-state index in [0.29, 0.717) is 12.4 Å². The lowest BCUT2D eigenvalue weighted by atomic mass is 10.1. The van der Waals surface area contributed by atoms with E-state index in [4.69, 9.17) is 4.74 Å². The summed E-state index contributed by atoms with van der Waals surface area (Å²) in [6.45, 7) is 0.360. The summed E-state index contributed by atoms with van der Waals surface area (Å²) in [5.74, 6) is -0.180. The molecule has 0 amide bonds. The minimum atomic E-state index is -0.375. The van der Waals surface area contributed by atoms with Crippen LogP contribution in [0.3, 0.4) is 0 Å². The van der Waals surface area contributed by atoms with Gasteiger partial charge in [0.1, 0.15) is 18.1 Å². The Labute approximate surface area is 159 Å². The van der Waals surface area contributed by atoms with E-state index in [0.717, 1.165) is 15.6 Å². The molecule has 0 aliphatic rings. The van der Waals surface area contributed by atoms with Gasteiger partial charge in [-0.2, -0.15) is 0 Å². The highest BCUT2D eigenvalue weighted by Crippen LogP contribution is 2.23. The van der Waals surface area contributed by atoms with Gasteiger partial charge >= 0.3 is 0 Å². The van der Waals surface area contributed by atoms with Crippen LogP contribution in [0, 0.1) is 0 Å². The van der Waals surface area contributed by atoms with E-state index in [1.807, 2.05) is 54.6 Å². The van der Waals surface area contributed by atoms with Crippen LogP contribution in [0.1, 0.15) is 21.6 Å². The molecule has 26 heavy (non-hydrogen) atoms. The molecular formula is C21H16BrNO3. The standard InChI is InChI=1S/C21H16BrNO3/c22-17-9-6-15(7-10-17)8-11-19(24)21-20(25)12-18(13-23-21)26-14-16-4-2-1-3-5-16/h1-13,25H,14H2. The summed E-state index contributed by atoms with van der Waals surface area (Å²) in [7, 11) is 0. The first kappa shape index (κ1) is 17.9. The zero-order valence-electron chi connectivity index (χ0n) is 13.8. The van der Waals surface area contributed by atoms with Gasteiger partial charge in [0.2, 0.25) is 5.78 Å². The summed E-state index contributed by atoms with van der Waals surface area (Å²) < 4.78 is 6.56. The molecule has 130 valence electrons. The average molecular weight is 410 g/mol. The van der Waals surface area contributed by atoms with Gasteiger partial charge in [0, 0.05) is 10.5 Å². The third kappa shape index (κ3) is 4.80. The highest BCUT2D eigenvalue weighted by molar-refractivity contribution is 9.10. The maximum atomic E-state index is 12.2. The van der Waals surface area contributed by atoms with Crippen LogP contribution in [-0.2, 0) is 6.61 Å². The molecule has 0 aliphatic carbocycles. The first-order chi connectivity index (χ1) is 12.6. The molecule has 2 aromatic carbocycles. The fourth-order valence-electron chi connectivity index (χ4n) is 2.27. The van der Waals surface area contributed by atoms with E-state index in [9.17, 15) is 9.90 Å². The van der Waals surface area contributed by atoms with Crippen molar-refractivity contribution < 1.29 is 14.6 Å². The average Bonchev–Trinajstić information content (AvgIpc) is 2.66. The monoisotopic (exact) mass is 409 g/mol. The Hall–Kier alpha value is -2.92. The molecule has 0 saturated carbocycles. The summed E-state index contributed by atoms with van der Waals surface area (Å²) in [4.78, 5) is 16.3. The van der Waals surface area contributed by atoms with Crippen molar-refractivity contribution in [2.75, 3.05) is 0 Å². The fourth-order valence-corrected chi connectivity index (χ4v) is 2.53. The van der Waals surface area contributed by atoms with Crippen LogP contribution >= 0.6 is 15.9 Å². The largest absolute Gasteiger partial charge is 0.505 e. The minimum Gasteiger partial charge on any atom is -0.505 e. The van der Waals surface area contributed by atoms with Crippen molar-refractivity contribution in [3.8, 4) is 11.5 Å². The van der Waals surface area contributed by atoms with Gasteiger partial charge in [-0.15, -0.1) is 0 Å². The molecule has 0 radical (unpaired) electrons. The van der Waals surface area contributed by atoms with Gasteiger partial charge in [0.25, 0.3) is 0 Å². The second-order valence-electron chi connectivity index (χ2n) is 5.56. The van der Waals surface area contributed by atoms with Gasteiger partial charge < -0.3 is 9.84 Å². The van der Waals surface area contributed by atoms with E-state index in [1.54, 1.807) is 6.08 Å². The summed E-state index contributed by atoms with van der Waals surface area (Å²) in [5, 5.41) is 10.1. The van der Waals surface area contributed by atoms with Gasteiger partial charge in [0.15, 0.2) is 5.69 Å². The number of ketones is 1. The van der Waals surface area contributed by atoms with Gasteiger partial charge in [0.05, 0.1) is 6.20 Å². The first-order valence-electron chi connectivity index (χ1n) is 7.95. The maximum absolute atomic E-state index is 12.2. The molecule has 0 spiro atoms. The van der Waals surface area contributed by atoms with Gasteiger partial charge in [-0.25, -0.2) is 4.98 Å². The van der Waals surface area contributed by atoms with Gasteiger partial charge in [-0.05, 0) is 29.3 Å². The highest BCUT2D eigenvalue weighted by atomic mass is 79.9. The van der Waals surface area contributed by atoms with Crippen LogP contribution in [0.2, 0.25) is 0 Å². The molecule has 3 aromatic rings. The third-order valence-corrected chi connectivity index (χ3v) is 4.15. The van der Waals surface area contributed by atoms with Gasteiger partial charge in [-0.1, -0.05) is 64.5 Å². The Balaban J connectivity index is 1.66. The lowest BCUT2D eigenvalue weighted by molar-refractivity contribution is 0.104. The molecule has 1 heterocycles. The predicted octanol–water partition coefficient (Wildman–Crippen LogP) is 5.02. The molecular weight excluding hydrogens is 394 g/mol. The zero-order valence-corrected chi connectivity index (χ0v) is 15.4. The van der Waals surface area contributed by atoms with Crippen LogP contribution in [0.25, 0.3) is 6.08 Å². The maximum Gasteiger partial charge on any atom is 0.207 e. The quantitative estimate of drug-likeness (QED) is 0.458. The lowest BCUT2D eigenvalue weighted by Gasteiger charge is -2.07. The number of aromatic hydroxyl groups is 1. The number of allylic oxidation sites excluding steroid dienone is 1. The number of ether oxygens (including phenoxy) is 1. The molecule has 3 rings (SSSR count). The molecule has 4 nitrogen and oxygen atoms in total. The molecule has 0 unspecified atom stereocenters. The normalized spacial score (nSPS) is 10.8. The molecule has 5 heteroatoms. The number of hydrogen-bond acceptors (Lipinski definition) is 4. The molecule has 1 N–H and O–H groups in total. The van der Waals surface area contributed by atoms with Crippen molar-refractivity contribution in [2.45, 2.75) is 6.61 Å². The Morgan fingerprint density at radius 2 is 1.85 bits per heavy atom. The van der Waals surface area contributed by atoms with E-state index in [-0.39, 0.29) is 17.2 Å². The predicted molar refractivity (Wildman–Crippen MR) is 104 cm³/mol. The van der Waals surface area contributed by atoms with Crippen molar-refractivity contribution in [1.29, 1.82) is 0 Å². The lowest BCUT2D eigenvalue weighted by Crippen LogP contribution is -2.01. The van der Waals surface area contributed by atoms with E-state index < -0.39 is 0 Å². The topological polar surface area (TPSA) is 59.4 Å². The second-order valence-corrected chi connectivity index (χ2v) is 6.48. The number of rotatable bonds is 6. The number of pyridine rings is 1. The van der Waals surface area contributed by atoms with E-state index in [2.05, 4.69) is 20.9 Å². The van der Waals surface area contributed by atoms with Crippen molar-refractivity contribution >= 4 is 27.8 Å². The molecule has 0 fully saturated rings. The number of carbonyl (C=O) groups is 1. The number of nitrogens with zero attached hydrogens (tertiary/aromatic N) is 1. The summed E-state index contributed by atoms with van der Waals surface area (Å²) in [5.41, 5.74) is 1.87. The Bertz CT molecular complexity index is 922. The Morgan fingerprint density at radius 3 is 2.54 bits per heavy atom. The summed E-state index contributed by atoms with van der Waals surface area (Å²) in [6.07, 6.45) is 4.49. The Morgan fingerprint density at radius 1 is 1.12 bits per heavy atom. The SMILES string of the molecule is O=C(C=Cc1ccc(Br)cc1)c1ncc(OCc2ccccc2)cc1O. The number of hydrogen-bond donors (Lipinski definition) is 1. The van der Waals surface area contributed by atoms with E-state index >= 15 is 0 Å². The molecule has 1 aromatic heterocycles. The fraction of sp³-hybridized carbons (Fsp3) is 0.0476. The smallest absolute Gasteiger partial charge is 0.207 e. The number of benzene rings is 2. The molecule has 0 atom stereocenters. The first-order valence-corrected chi connectivity index (χ1v) is 8.75. The van der Waals surface area contributed by atoms with Crippen LogP contribution in [0.4, 0.5) is 0 Å². The van der Waals surface area contributed by atoms with Crippen molar-refractivity contribution in [3.05, 3.63) is 94.2 Å². The highest BCUT2D eigenvalue weighted by Gasteiger charge is 2.11. The summed E-state index contributed by atoms with van der Waals surface area (Å²) >= 11 is 3.36. The number of aromatic nitrogens is 1. The van der Waals surface area contributed by atoms with E-state index in [1.165, 1.54) is 18.3 Å². The molecule has 0 saturated heterocycles. The van der Waals surface area contributed by atoms with Crippen LogP contribution in [-0.4, -0.2) is 15.9 Å². The van der Waals surface area contributed by atoms with Crippen LogP contribution in [0.15, 0.2) is 77.4 Å².